The first-order valence-corrected chi connectivity index (χ1v) is 7.90. The third kappa shape index (κ3) is 2.89. The van der Waals surface area contributed by atoms with Gasteiger partial charge in [0.15, 0.2) is 0 Å². The highest BCUT2D eigenvalue weighted by Crippen LogP contribution is 2.28. The summed E-state index contributed by atoms with van der Waals surface area (Å²) in [5.41, 5.74) is 2.73. The maximum atomic E-state index is 3.45. The number of aromatic nitrogens is 1. The Hall–Kier alpha value is -1.32. The van der Waals surface area contributed by atoms with Crippen LogP contribution in [0.5, 0.6) is 0 Å². The number of H-pyrrole nitrogens is 1. The quantitative estimate of drug-likeness (QED) is 0.874. The van der Waals surface area contributed by atoms with E-state index in [0.717, 1.165) is 26.2 Å². The molecule has 0 amide bonds. The van der Waals surface area contributed by atoms with Gasteiger partial charge in [-0.25, -0.2) is 0 Å². The van der Waals surface area contributed by atoms with E-state index in [2.05, 4.69) is 46.4 Å². The predicted molar refractivity (Wildman–Crippen MR) is 85.0 cm³/mol. The van der Waals surface area contributed by atoms with E-state index in [1.54, 1.807) is 0 Å². The van der Waals surface area contributed by atoms with Gasteiger partial charge < -0.3 is 10.3 Å². The molecular formula is C17H25N3. The highest BCUT2D eigenvalue weighted by molar-refractivity contribution is 5.79. The highest BCUT2D eigenvalue weighted by atomic mass is 15.2. The molecule has 0 aliphatic carbocycles. The standard InChI is InChI=1S/C17H25N3/c1-2-3-4-17(20-11-9-18-10-12-20)15-6-5-14-7-8-19-16(14)13-15/h5-8,13,17-19H,2-4,9-12H2,1H3/t17-/m0/s1. The van der Waals surface area contributed by atoms with Crippen molar-refractivity contribution in [1.29, 1.82) is 0 Å². The van der Waals surface area contributed by atoms with Gasteiger partial charge in [-0.3, -0.25) is 4.90 Å². The lowest BCUT2D eigenvalue weighted by Gasteiger charge is -2.35. The molecule has 1 fully saturated rings. The molecule has 2 aromatic rings. The number of fused-ring (bicyclic) bond motifs is 1. The van der Waals surface area contributed by atoms with Crippen molar-refractivity contribution in [1.82, 2.24) is 15.2 Å². The van der Waals surface area contributed by atoms with E-state index < -0.39 is 0 Å². The molecule has 2 heterocycles. The van der Waals surface area contributed by atoms with E-state index in [0.29, 0.717) is 6.04 Å². The van der Waals surface area contributed by atoms with Gasteiger partial charge >= 0.3 is 0 Å². The summed E-state index contributed by atoms with van der Waals surface area (Å²) in [4.78, 5) is 5.99. The second kappa shape index (κ2) is 6.42. The average Bonchev–Trinajstić information content (AvgIpc) is 2.96. The van der Waals surface area contributed by atoms with Gasteiger partial charge in [0.25, 0.3) is 0 Å². The molecule has 0 radical (unpaired) electrons. The van der Waals surface area contributed by atoms with Crippen molar-refractivity contribution < 1.29 is 0 Å². The van der Waals surface area contributed by atoms with Crippen LogP contribution in [0.3, 0.4) is 0 Å². The van der Waals surface area contributed by atoms with Crippen LogP contribution in [0.15, 0.2) is 30.5 Å². The molecule has 1 aliphatic heterocycles. The lowest BCUT2D eigenvalue weighted by Crippen LogP contribution is -2.45. The van der Waals surface area contributed by atoms with Crippen LogP contribution in [0, 0.1) is 0 Å². The number of piperazine rings is 1. The summed E-state index contributed by atoms with van der Waals surface area (Å²) < 4.78 is 0. The van der Waals surface area contributed by atoms with Crippen LogP contribution in [0.4, 0.5) is 0 Å². The van der Waals surface area contributed by atoms with Gasteiger partial charge in [-0.1, -0.05) is 31.9 Å². The first kappa shape index (κ1) is 13.7. The molecule has 0 bridgehead atoms. The van der Waals surface area contributed by atoms with Crippen LogP contribution < -0.4 is 5.32 Å². The van der Waals surface area contributed by atoms with Crippen LogP contribution in [-0.4, -0.2) is 36.1 Å². The topological polar surface area (TPSA) is 31.1 Å². The largest absolute Gasteiger partial charge is 0.361 e. The predicted octanol–water partition coefficient (Wildman–Crippen LogP) is 3.30. The molecule has 3 rings (SSSR count). The number of hydrogen-bond acceptors (Lipinski definition) is 2. The Kier molecular flexibility index (Phi) is 4.38. The van der Waals surface area contributed by atoms with Crippen molar-refractivity contribution in [2.24, 2.45) is 0 Å². The minimum Gasteiger partial charge on any atom is -0.361 e. The average molecular weight is 271 g/mol. The SMILES string of the molecule is CCCC[C@@H](c1ccc2cc[nH]c2c1)N1CCNCC1. The smallest absolute Gasteiger partial charge is 0.0457 e. The van der Waals surface area contributed by atoms with Crippen molar-refractivity contribution in [3.63, 3.8) is 0 Å². The number of aromatic amines is 1. The Morgan fingerprint density at radius 1 is 1.20 bits per heavy atom. The summed E-state index contributed by atoms with van der Waals surface area (Å²) in [6.45, 7) is 6.85. The van der Waals surface area contributed by atoms with Gasteiger partial charge in [0, 0.05) is 43.9 Å². The Balaban J connectivity index is 1.85. The summed E-state index contributed by atoms with van der Waals surface area (Å²) in [5, 5.41) is 4.76. The molecule has 108 valence electrons. The monoisotopic (exact) mass is 271 g/mol. The van der Waals surface area contributed by atoms with Gasteiger partial charge in [-0.2, -0.15) is 0 Å². The van der Waals surface area contributed by atoms with Crippen LogP contribution >= 0.6 is 0 Å². The van der Waals surface area contributed by atoms with Crippen LogP contribution in [-0.2, 0) is 0 Å². The van der Waals surface area contributed by atoms with Crippen molar-refractivity contribution >= 4 is 10.9 Å². The number of benzene rings is 1. The van der Waals surface area contributed by atoms with Crippen molar-refractivity contribution in [2.45, 2.75) is 32.2 Å². The first-order valence-electron chi connectivity index (χ1n) is 7.90. The summed E-state index contributed by atoms with van der Waals surface area (Å²) in [6, 6.07) is 9.63. The summed E-state index contributed by atoms with van der Waals surface area (Å²) in [5.74, 6) is 0. The number of hydrogen-bond donors (Lipinski definition) is 2. The number of nitrogens with zero attached hydrogens (tertiary/aromatic N) is 1. The zero-order valence-electron chi connectivity index (χ0n) is 12.4. The molecular weight excluding hydrogens is 246 g/mol. The van der Waals surface area contributed by atoms with Crippen molar-refractivity contribution in [3.8, 4) is 0 Å². The van der Waals surface area contributed by atoms with Crippen LogP contribution in [0.2, 0.25) is 0 Å². The fraction of sp³-hybridized carbons (Fsp3) is 0.529. The Morgan fingerprint density at radius 3 is 2.85 bits per heavy atom. The van der Waals surface area contributed by atoms with E-state index in [9.17, 15) is 0 Å². The molecule has 3 nitrogen and oxygen atoms in total. The number of rotatable bonds is 5. The zero-order valence-corrected chi connectivity index (χ0v) is 12.4. The fourth-order valence-electron chi connectivity index (χ4n) is 3.22. The zero-order chi connectivity index (χ0) is 13.8. The van der Waals surface area contributed by atoms with E-state index >= 15 is 0 Å². The van der Waals surface area contributed by atoms with Crippen LogP contribution in [0.25, 0.3) is 10.9 Å². The molecule has 1 aromatic carbocycles. The van der Waals surface area contributed by atoms with Gasteiger partial charge in [0.05, 0.1) is 0 Å². The molecule has 1 aliphatic rings. The van der Waals surface area contributed by atoms with Gasteiger partial charge in [0.2, 0.25) is 0 Å². The Labute approximate surface area is 121 Å². The lowest BCUT2D eigenvalue weighted by molar-refractivity contribution is 0.163. The first-order chi connectivity index (χ1) is 9.88. The minimum absolute atomic E-state index is 0.574. The minimum atomic E-state index is 0.574. The molecule has 0 unspecified atom stereocenters. The maximum Gasteiger partial charge on any atom is 0.0457 e. The molecule has 20 heavy (non-hydrogen) atoms. The van der Waals surface area contributed by atoms with E-state index in [1.807, 2.05) is 6.20 Å². The van der Waals surface area contributed by atoms with E-state index in [1.165, 1.54) is 35.7 Å². The van der Waals surface area contributed by atoms with E-state index in [-0.39, 0.29) is 0 Å². The van der Waals surface area contributed by atoms with Crippen LogP contribution in [0.1, 0.15) is 37.8 Å². The molecule has 0 spiro atoms. The third-order valence-electron chi connectivity index (χ3n) is 4.39. The molecule has 1 atom stereocenters. The number of unbranched alkanes of at least 4 members (excludes halogenated alkanes) is 1. The van der Waals surface area contributed by atoms with Gasteiger partial charge in [-0.15, -0.1) is 0 Å². The molecule has 2 N–H and O–H groups in total. The second-order valence-electron chi connectivity index (χ2n) is 5.77. The fourth-order valence-corrected chi connectivity index (χ4v) is 3.22. The summed E-state index contributed by atoms with van der Waals surface area (Å²) >= 11 is 0. The molecule has 0 saturated carbocycles. The number of nitrogens with one attached hydrogen (secondary N) is 2. The molecule has 1 aromatic heterocycles. The summed E-state index contributed by atoms with van der Waals surface area (Å²) in [7, 11) is 0. The Morgan fingerprint density at radius 2 is 2.05 bits per heavy atom. The Bertz CT molecular complexity index is 540. The second-order valence-corrected chi connectivity index (χ2v) is 5.77. The normalized spacial score (nSPS) is 18.4. The molecule has 1 saturated heterocycles. The maximum absolute atomic E-state index is 3.45. The van der Waals surface area contributed by atoms with Crippen molar-refractivity contribution in [2.75, 3.05) is 26.2 Å². The summed E-state index contributed by atoms with van der Waals surface area (Å²) in [6.07, 6.45) is 5.87. The van der Waals surface area contributed by atoms with Gasteiger partial charge in [-0.05, 0) is 29.5 Å². The van der Waals surface area contributed by atoms with Gasteiger partial charge in [0.1, 0.15) is 0 Å². The lowest BCUT2D eigenvalue weighted by atomic mass is 9.98. The highest BCUT2D eigenvalue weighted by Gasteiger charge is 2.21. The van der Waals surface area contributed by atoms with Crippen molar-refractivity contribution in [3.05, 3.63) is 36.0 Å². The molecule has 3 heteroatoms. The van der Waals surface area contributed by atoms with E-state index in [4.69, 9.17) is 0 Å². The third-order valence-corrected chi connectivity index (χ3v) is 4.39.